The monoisotopic (exact) mass is 586 g/mol. The summed E-state index contributed by atoms with van der Waals surface area (Å²) in [5.41, 5.74) is 4.69. The van der Waals surface area contributed by atoms with E-state index in [1.54, 1.807) is 60.5 Å². The van der Waals surface area contributed by atoms with Crippen LogP contribution in [0.3, 0.4) is 0 Å². The molecule has 9 nitrogen and oxygen atoms in total. The number of nitrogens with zero attached hydrogens (tertiary/aromatic N) is 2. The predicted octanol–water partition coefficient (Wildman–Crippen LogP) is 6.31. The minimum atomic E-state index is -0.747. The highest BCUT2D eigenvalue weighted by Gasteiger charge is 2.53. The first-order valence-electron chi connectivity index (χ1n) is 14.5. The van der Waals surface area contributed by atoms with E-state index in [2.05, 4.69) is 10.3 Å². The van der Waals surface area contributed by atoms with Crippen LogP contribution in [-0.4, -0.2) is 47.5 Å². The number of anilines is 2. The van der Waals surface area contributed by atoms with Gasteiger partial charge < -0.3 is 19.8 Å². The predicted molar refractivity (Wildman–Crippen MR) is 167 cm³/mol. The second-order valence-corrected chi connectivity index (χ2v) is 10.8. The molecule has 0 unspecified atom stereocenters. The minimum Gasteiger partial charge on any atom is -0.497 e. The number of hydrogen-bond acceptors (Lipinski definition) is 5. The van der Waals surface area contributed by atoms with Crippen molar-refractivity contribution in [3.8, 4) is 11.5 Å². The highest BCUT2D eigenvalue weighted by molar-refractivity contribution is 6.24. The van der Waals surface area contributed by atoms with Gasteiger partial charge in [0.1, 0.15) is 23.6 Å². The van der Waals surface area contributed by atoms with E-state index in [0.29, 0.717) is 30.2 Å². The molecule has 2 atom stereocenters. The summed E-state index contributed by atoms with van der Waals surface area (Å²) in [7, 11) is 1.60. The first-order chi connectivity index (χ1) is 21.5. The lowest BCUT2D eigenvalue weighted by molar-refractivity contribution is -0.120. The van der Waals surface area contributed by atoms with Crippen molar-refractivity contribution in [2.24, 2.45) is 0 Å². The molecule has 1 saturated heterocycles. The summed E-state index contributed by atoms with van der Waals surface area (Å²) in [5, 5.41) is 3.91. The normalized spacial score (nSPS) is 17.4. The van der Waals surface area contributed by atoms with Crippen LogP contribution < -0.4 is 19.7 Å². The fraction of sp³-hybridized carbons (Fsp3) is 0.171. The van der Waals surface area contributed by atoms with Crippen LogP contribution in [0.15, 0.2) is 97.1 Å². The molecule has 4 aromatic carbocycles. The Balaban J connectivity index is 1.27. The van der Waals surface area contributed by atoms with Crippen molar-refractivity contribution in [3.63, 3.8) is 0 Å². The van der Waals surface area contributed by atoms with E-state index < -0.39 is 24.0 Å². The summed E-state index contributed by atoms with van der Waals surface area (Å²) in [6.07, 6.45) is 0.355. The molecule has 4 amide bonds. The second kappa shape index (κ2) is 10.9. The molecule has 0 spiro atoms. The van der Waals surface area contributed by atoms with Crippen LogP contribution in [0.1, 0.15) is 40.1 Å². The molecule has 2 aliphatic rings. The van der Waals surface area contributed by atoms with Crippen molar-refractivity contribution in [2.75, 3.05) is 23.9 Å². The zero-order valence-corrected chi connectivity index (χ0v) is 24.2. The number of nitrogens with one attached hydrogen (secondary N) is 2. The van der Waals surface area contributed by atoms with Crippen molar-refractivity contribution in [3.05, 3.63) is 119 Å². The van der Waals surface area contributed by atoms with Gasteiger partial charge in [-0.05, 0) is 72.6 Å². The van der Waals surface area contributed by atoms with E-state index in [-0.39, 0.29) is 17.2 Å². The standard InChI is InChI=1S/C35H30N4O5/c1-3-44-24-18-14-22(15-19-24)36-33(40)26-9-5-7-11-29(26)39-34(41)30-20-27-25-8-4-6-10-28(25)37-31(27)32(38(30)35(39)42)21-12-16-23(43-2)17-13-21/h4-19,30,32,37H,3,20H2,1-2H3,(H,36,40)/t30-,32-/m0/s1. The first kappa shape index (κ1) is 27.3. The lowest BCUT2D eigenvalue weighted by Crippen LogP contribution is -2.44. The number of para-hydroxylation sites is 2. The number of carbonyl (C=O) groups is 3. The molecular formula is C35H30N4O5. The lowest BCUT2D eigenvalue weighted by Gasteiger charge is -2.36. The third kappa shape index (κ3) is 4.44. The molecule has 2 N–H and O–H groups in total. The maximum atomic E-state index is 14.4. The zero-order valence-electron chi connectivity index (χ0n) is 24.2. The van der Waals surface area contributed by atoms with Gasteiger partial charge in [0.15, 0.2) is 0 Å². The number of ether oxygens (including phenoxy) is 2. The van der Waals surface area contributed by atoms with Crippen molar-refractivity contribution < 1.29 is 23.9 Å². The summed E-state index contributed by atoms with van der Waals surface area (Å²) in [6, 6.07) is 27.4. The summed E-state index contributed by atoms with van der Waals surface area (Å²) in [6.45, 7) is 2.44. The largest absolute Gasteiger partial charge is 0.497 e. The van der Waals surface area contributed by atoms with Crippen LogP contribution in [-0.2, 0) is 11.2 Å². The van der Waals surface area contributed by atoms with Crippen molar-refractivity contribution >= 4 is 40.1 Å². The molecule has 0 bridgehead atoms. The number of H-pyrrole nitrogens is 1. The van der Waals surface area contributed by atoms with Crippen LogP contribution in [0.25, 0.3) is 10.9 Å². The van der Waals surface area contributed by atoms with Gasteiger partial charge in [0.25, 0.3) is 11.8 Å². The number of aromatic nitrogens is 1. The number of methoxy groups -OCH3 is 1. The van der Waals surface area contributed by atoms with E-state index in [0.717, 1.165) is 32.6 Å². The van der Waals surface area contributed by atoms with E-state index in [4.69, 9.17) is 9.47 Å². The SMILES string of the molecule is CCOc1ccc(NC(=O)c2ccccc2N2C(=O)[C@@H]3Cc4c([nH]c5ccccc45)[C@H](c4ccc(OC)cc4)N3C2=O)cc1. The van der Waals surface area contributed by atoms with E-state index in [1.807, 2.05) is 55.5 Å². The van der Waals surface area contributed by atoms with Crippen LogP contribution in [0.2, 0.25) is 0 Å². The topological polar surface area (TPSA) is 104 Å². The van der Waals surface area contributed by atoms with Gasteiger partial charge in [-0.15, -0.1) is 0 Å². The Morgan fingerprint density at radius 3 is 2.36 bits per heavy atom. The molecule has 9 heteroatoms. The van der Waals surface area contributed by atoms with Crippen LogP contribution in [0, 0.1) is 0 Å². The summed E-state index contributed by atoms with van der Waals surface area (Å²) >= 11 is 0. The Kier molecular flexibility index (Phi) is 6.77. The van der Waals surface area contributed by atoms with Crippen molar-refractivity contribution in [1.82, 2.24) is 9.88 Å². The minimum absolute atomic E-state index is 0.216. The number of fused-ring (bicyclic) bond motifs is 4. The van der Waals surface area contributed by atoms with Gasteiger partial charge in [-0.1, -0.05) is 42.5 Å². The third-order valence-corrected chi connectivity index (χ3v) is 8.29. The summed E-state index contributed by atoms with van der Waals surface area (Å²) in [4.78, 5) is 48.4. The molecule has 220 valence electrons. The molecule has 0 radical (unpaired) electrons. The zero-order chi connectivity index (χ0) is 30.4. The number of benzene rings is 4. The Bertz CT molecular complexity index is 1900. The molecule has 5 aromatic rings. The average molecular weight is 587 g/mol. The maximum absolute atomic E-state index is 14.4. The molecule has 1 fully saturated rings. The molecule has 0 aliphatic carbocycles. The van der Waals surface area contributed by atoms with Gasteiger partial charge in [-0.2, -0.15) is 0 Å². The Hall–Kier alpha value is -5.57. The van der Waals surface area contributed by atoms with Gasteiger partial charge in [0, 0.05) is 28.7 Å². The fourth-order valence-electron chi connectivity index (χ4n) is 6.29. The fourth-order valence-corrected chi connectivity index (χ4v) is 6.29. The number of imide groups is 1. The number of amides is 4. The number of aromatic amines is 1. The quantitative estimate of drug-likeness (QED) is 0.218. The van der Waals surface area contributed by atoms with Gasteiger partial charge >= 0.3 is 6.03 Å². The number of carbonyl (C=O) groups excluding carboxylic acids is 3. The van der Waals surface area contributed by atoms with Gasteiger partial charge in [-0.25, -0.2) is 9.69 Å². The van der Waals surface area contributed by atoms with Crippen LogP contribution in [0.4, 0.5) is 16.2 Å². The Labute approximate surface area is 254 Å². The van der Waals surface area contributed by atoms with Crippen molar-refractivity contribution in [2.45, 2.75) is 25.4 Å². The van der Waals surface area contributed by atoms with E-state index in [1.165, 1.54) is 0 Å². The van der Waals surface area contributed by atoms with Gasteiger partial charge in [0.05, 0.1) is 25.0 Å². The molecule has 7 rings (SSSR count). The van der Waals surface area contributed by atoms with Gasteiger partial charge in [0.2, 0.25) is 0 Å². The van der Waals surface area contributed by atoms with Crippen LogP contribution in [0.5, 0.6) is 11.5 Å². The number of rotatable bonds is 7. The summed E-state index contributed by atoms with van der Waals surface area (Å²) < 4.78 is 10.9. The van der Waals surface area contributed by atoms with E-state index in [9.17, 15) is 14.4 Å². The highest BCUT2D eigenvalue weighted by Crippen LogP contribution is 2.45. The van der Waals surface area contributed by atoms with Crippen molar-refractivity contribution in [1.29, 1.82) is 0 Å². The molecule has 1 aromatic heterocycles. The number of hydrogen-bond donors (Lipinski definition) is 2. The summed E-state index contributed by atoms with van der Waals surface area (Å²) in [5.74, 6) is 0.583. The Morgan fingerprint density at radius 2 is 1.61 bits per heavy atom. The number of urea groups is 1. The molecular weight excluding hydrogens is 556 g/mol. The Morgan fingerprint density at radius 1 is 0.909 bits per heavy atom. The average Bonchev–Trinajstić information content (AvgIpc) is 3.55. The molecule has 44 heavy (non-hydrogen) atoms. The third-order valence-electron chi connectivity index (χ3n) is 8.29. The molecule has 0 saturated carbocycles. The maximum Gasteiger partial charge on any atom is 0.332 e. The van der Waals surface area contributed by atoms with E-state index >= 15 is 0 Å². The van der Waals surface area contributed by atoms with Crippen LogP contribution >= 0.6 is 0 Å². The smallest absolute Gasteiger partial charge is 0.332 e. The first-order valence-corrected chi connectivity index (χ1v) is 14.5. The van der Waals surface area contributed by atoms with Gasteiger partial charge in [-0.3, -0.25) is 14.5 Å². The second-order valence-electron chi connectivity index (χ2n) is 10.8. The molecule has 2 aliphatic heterocycles. The molecule has 3 heterocycles. The lowest BCUT2D eigenvalue weighted by atomic mass is 9.89. The highest BCUT2D eigenvalue weighted by atomic mass is 16.5.